The van der Waals surface area contributed by atoms with E-state index in [0.29, 0.717) is 0 Å². The number of carboxylic acids is 1. The largest absolute Gasteiger partial charge is 0.481 e. The number of carboxylic acid groups (broad SMARTS) is 1. The van der Waals surface area contributed by atoms with Gasteiger partial charge >= 0.3 is 12.0 Å². The zero-order valence-electron chi connectivity index (χ0n) is 11.7. The van der Waals surface area contributed by atoms with E-state index >= 15 is 0 Å². The van der Waals surface area contributed by atoms with Crippen molar-refractivity contribution in [3.8, 4) is 0 Å². The average Bonchev–Trinajstić information content (AvgIpc) is 2.22. The first-order valence-electron chi connectivity index (χ1n) is 5.94. The molecule has 2 amide bonds. The van der Waals surface area contributed by atoms with Gasteiger partial charge in [0.2, 0.25) is 0 Å². The number of aliphatic carboxylic acids is 1. The summed E-state index contributed by atoms with van der Waals surface area (Å²) in [5.74, 6) is -1.14. The molecular formula is C11H22N2O5S. The zero-order chi connectivity index (χ0) is 15.2. The maximum atomic E-state index is 11.8. The average molecular weight is 294 g/mol. The third kappa shape index (κ3) is 8.41. The zero-order valence-corrected chi connectivity index (χ0v) is 12.5. The van der Waals surface area contributed by atoms with Crippen molar-refractivity contribution < 1.29 is 23.1 Å². The SMILES string of the molecule is CC(C)C(CC(=O)O)NC(=O)N(C)CCS(C)(=O)=O. The molecule has 0 aromatic rings. The highest BCUT2D eigenvalue weighted by molar-refractivity contribution is 7.90. The van der Waals surface area contributed by atoms with Crippen LogP contribution in [-0.2, 0) is 14.6 Å². The molecule has 0 fully saturated rings. The van der Waals surface area contributed by atoms with Gasteiger partial charge in [0.25, 0.3) is 0 Å². The number of carbonyl (C=O) groups excluding carboxylic acids is 1. The molecule has 0 aromatic heterocycles. The van der Waals surface area contributed by atoms with Gasteiger partial charge in [0.05, 0.1) is 12.2 Å². The van der Waals surface area contributed by atoms with Crippen molar-refractivity contribution >= 4 is 21.8 Å². The smallest absolute Gasteiger partial charge is 0.317 e. The van der Waals surface area contributed by atoms with Gasteiger partial charge in [0.1, 0.15) is 9.84 Å². The topological polar surface area (TPSA) is 104 Å². The normalized spacial score (nSPS) is 13.1. The molecule has 0 bridgehead atoms. The molecule has 8 heteroatoms. The van der Waals surface area contributed by atoms with E-state index in [4.69, 9.17) is 5.11 Å². The van der Waals surface area contributed by atoms with Crippen molar-refractivity contribution in [1.82, 2.24) is 10.2 Å². The lowest BCUT2D eigenvalue weighted by Crippen LogP contribution is -2.47. The molecule has 0 aromatic carbocycles. The van der Waals surface area contributed by atoms with Crippen LogP contribution in [0, 0.1) is 5.92 Å². The molecule has 2 N–H and O–H groups in total. The first-order valence-corrected chi connectivity index (χ1v) is 8.00. The van der Waals surface area contributed by atoms with Crippen LogP contribution in [0.4, 0.5) is 4.79 Å². The summed E-state index contributed by atoms with van der Waals surface area (Å²) in [4.78, 5) is 23.7. The van der Waals surface area contributed by atoms with Crippen molar-refractivity contribution in [3.63, 3.8) is 0 Å². The minimum atomic E-state index is -3.13. The van der Waals surface area contributed by atoms with Crippen molar-refractivity contribution in [2.24, 2.45) is 5.92 Å². The molecule has 0 heterocycles. The van der Waals surface area contributed by atoms with Gasteiger partial charge in [0, 0.05) is 25.9 Å². The first kappa shape index (κ1) is 17.7. The first-order chi connectivity index (χ1) is 8.53. The Morgan fingerprint density at radius 1 is 1.32 bits per heavy atom. The standard InChI is InChI=1S/C11H22N2O5S/c1-8(2)9(7-10(14)15)12-11(16)13(3)5-6-19(4,17)18/h8-9H,5-7H2,1-4H3,(H,12,16)(H,14,15). The van der Waals surface area contributed by atoms with Crippen molar-refractivity contribution in [1.29, 1.82) is 0 Å². The van der Waals surface area contributed by atoms with E-state index in [0.717, 1.165) is 6.26 Å². The summed E-state index contributed by atoms with van der Waals surface area (Å²) in [7, 11) is -1.66. The summed E-state index contributed by atoms with van der Waals surface area (Å²) < 4.78 is 22.0. The maximum absolute atomic E-state index is 11.8. The Bertz CT molecular complexity index is 419. The Kier molecular flexibility index (Phi) is 6.82. The predicted molar refractivity (Wildman–Crippen MR) is 71.8 cm³/mol. The number of nitrogens with zero attached hydrogens (tertiary/aromatic N) is 1. The van der Waals surface area contributed by atoms with Crippen LogP contribution in [0.15, 0.2) is 0 Å². The van der Waals surface area contributed by atoms with E-state index in [-0.39, 0.29) is 24.6 Å². The second-order valence-electron chi connectivity index (χ2n) is 4.95. The van der Waals surface area contributed by atoms with Gasteiger partial charge in [-0.3, -0.25) is 4.79 Å². The molecule has 1 atom stereocenters. The Morgan fingerprint density at radius 2 is 1.84 bits per heavy atom. The quantitative estimate of drug-likeness (QED) is 0.696. The van der Waals surface area contributed by atoms with Crippen LogP contribution >= 0.6 is 0 Å². The van der Waals surface area contributed by atoms with Crippen molar-refractivity contribution in [2.75, 3.05) is 25.6 Å². The van der Waals surface area contributed by atoms with E-state index in [1.807, 2.05) is 13.8 Å². The highest BCUT2D eigenvalue weighted by Crippen LogP contribution is 2.06. The second kappa shape index (κ2) is 7.32. The third-order valence-corrected chi connectivity index (χ3v) is 3.58. The van der Waals surface area contributed by atoms with E-state index in [1.165, 1.54) is 11.9 Å². The van der Waals surface area contributed by atoms with Gasteiger partial charge in [-0.25, -0.2) is 13.2 Å². The summed E-state index contributed by atoms with van der Waals surface area (Å²) in [6.07, 6.45) is 0.934. The highest BCUT2D eigenvalue weighted by Gasteiger charge is 2.21. The fourth-order valence-electron chi connectivity index (χ4n) is 1.31. The lowest BCUT2D eigenvalue weighted by Gasteiger charge is -2.24. The van der Waals surface area contributed by atoms with Crippen LogP contribution in [0.1, 0.15) is 20.3 Å². The fourth-order valence-corrected chi connectivity index (χ4v) is 1.92. The number of hydrogen-bond donors (Lipinski definition) is 2. The number of urea groups is 1. The molecule has 7 nitrogen and oxygen atoms in total. The molecule has 0 rings (SSSR count). The maximum Gasteiger partial charge on any atom is 0.317 e. The second-order valence-corrected chi connectivity index (χ2v) is 7.21. The number of hydrogen-bond acceptors (Lipinski definition) is 4. The van der Waals surface area contributed by atoms with Crippen LogP contribution in [0.2, 0.25) is 0 Å². The van der Waals surface area contributed by atoms with Gasteiger partial charge in [-0.2, -0.15) is 0 Å². The molecule has 19 heavy (non-hydrogen) atoms. The molecular weight excluding hydrogens is 272 g/mol. The summed E-state index contributed by atoms with van der Waals surface area (Å²) in [5, 5.41) is 11.3. The van der Waals surface area contributed by atoms with Gasteiger partial charge in [-0.1, -0.05) is 13.8 Å². The van der Waals surface area contributed by atoms with Crippen LogP contribution in [-0.4, -0.2) is 62.1 Å². The van der Waals surface area contributed by atoms with Crippen molar-refractivity contribution in [3.05, 3.63) is 0 Å². The molecule has 1 unspecified atom stereocenters. The molecule has 0 radical (unpaired) electrons. The summed E-state index contributed by atoms with van der Waals surface area (Å²) in [5.41, 5.74) is 0. The molecule has 112 valence electrons. The number of carbonyl (C=O) groups is 2. The van der Waals surface area contributed by atoms with Gasteiger partial charge < -0.3 is 15.3 Å². The lowest BCUT2D eigenvalue weighted by atomic mass is 10.0. The predicted octanol–water partition coefficient (Wildman–Crippen LogP) is 0.172. The lowest BCUT2D eigenvalue weighted by molar-refractivity contribution is -0.137. The van der Waals surface area contributed by atoms with Gasteiger partial charge in [-0.05, 0) is 5.92 Å². The minimum absolute atomic E-state index is 0.0247. The fraction of sp³-hybridized carbons (Fsp3) is 0.818. The molecule has 0 aliphatic heterocycles. The van der Waals surface area contributed by atoms with Crippen LogP contribution < -0.4 is 5.32 Å². The molecule has 0 spiro atoms. The Balaban J connectivity index is 4.43. The third-order valence-electron chi connectivity index (χ3n) is 2.65. The molecule has 0 saturated heterocycles. The minimum Gasteiger partial charge on any atom is -0.481 e. The van der Waals surface area contributed by atoms with Crippen molar-refractivity contribution in [2.45, 2.75) is 26.3 Å². The Morgan fingerprint density at radius 3 is 2.21 bits per heavy atom. The Labute approximate surface area is 113 Å². The number of sulfone groups is 1. The van der Waals surface area contributed by atoms with Gasteiger partial charge in [0.15, 0.2) is 0 Å². The van der Waals surface area contributed by atoms with Gasteiger partial charge in [-0.15, -0.1) is 0 Å². The van der Waals surface area contributed by atoms with Crippen LogP contribution in [0.3, 0.4) is 0 Å². The van der Waals surface area contributed by atoms with E-state index in [2.05, 4.69) is 5.32 Å². The molecule has 0 aliphatic carbocycles. The van der Waals surface area contributed by atoms with Crippen LogP contribution in [0.5, 0.6) is 0 Å². The summed E-state index contributed by atoms with van der Waals surface area (Å²) >= 11 is 0. The Hall–Kier alpha value is -1.31. The summed E-state index contributed by atoms with van der Waals surface area (Å²) in [6.45, 7) is 3.69. The number of nitrogens with one attached hydrogen (secondary N) is 1. The highest BCUT2D eigenvalue weighted by atomic mass is 32.2. The number of amides is 2. The van der Waals surface area contributed by atoms with E-state index in [1.54, 1.807) is 0 Å². The monoisotopic (exact) mass is 294 g/mol. The molecule has 0 aliphatic rings. The summed E-state index contributed by atoms with van der Waals surface area (Å²) in [6, 6.07) is -0.950. The van der Waals surface area contributed by atoms with E-state index < -0.39 is 27.9 Å². The van der Waals surface area contributed by atoms with E-state index in [9.17, 15) is 18.0 Å². The van der Waals surface area contributed by atoms with Crippen LogP contribution in [0.25, 0.3) is 0 Å². The molecule has 0 saturated carbocycles. The number of rotatable bonds is 7.